The number of rotatable bonds is 7. The molecular weight excluding hydrogens is 328 g/mol. The molecule has 0 saturated carbocycles. The number of amides is 1. The first-order valence-electron chi connectivity index (χ1n) is 8.27. The Morgan fingerprint density at radius 3 is 2.58 bits per heavy atom. The summed E-state index contributed by atoms with van der Waals surface area (Å²) in [4.78, 5) is 11.7. The highest BCUT2D eigenvalue weighted by atomic mass is 35.5. The van der Waals surface area contributed by atoms with Crippen LogP contribution >= 0.6 is 0 Å². The maximum Gasteiger partial charge on any atom is 0.258 e. The molecule has 1 aliphatic heterocycles. The smallest absolute Gasteiger partial charge is 0.258 e. The second-order valence-corrected chi connectivity index (χ2v) is 7.00. The van der Waals surface area contributed by atoms with Crippen LogP contribution in [0.25, 0.3) is 0 Å². The summed E-state index contributed by atoms with van der Waals surface area (Å²) in [6.07, 6.45) is 2.68. The topological polar surface area (TPSA) is 59.6 Å². The summed E-state index contributed by atoms with van der Waals surface area (Å²) in [5.74, 6) is 0.594. The first kappa shape index (κ1) is 20.7. The molecule has 1 fully saturated rings. The van der Waals surface area contributed by atoms with Gasteiger partial charge in [-0.25, -0.2) is 0 Å². The van der Waals surface area contributed by atoms with Gasteiger partial charge >= 0.3 is 0 Å². The zero-order valence-electron chi connectivity index (χ0n) is 14.7. The van der Waals surface area contributed by atoms with E-state index in [2.05, 4.69) is 10.6 Å². The third-order valence-corrected chi connectivity index (χ3v) is 3.53. The monoisotopic (exact) mass is 355 g/mol. The Bertz CT molecular complexity index is 494. The second kappa shape index (κ2) is 9.87. The molecule has 1 aromatic carbocycles. The second-order valence-electron chi connectivity index (χ2n) is 7.00. The van der Waals surface area contributed by atoms with Crippen molar-refractivity contribution in [1.29, 1.82) is 0 Å². The molecule has 1 saturated heterocycles. The zero-order chi connectivity index (χ0) is 16.7. The Kier molecular flexibility index (Phi) is 8.53. The highest BCUT2D eigenvalue weighted by Crippen LogP contribution is 2.13. The van der Waals surface area contributed by atoms with Crippen LogP contribution in [0.3, 0.4) is 0 Å². The first-order chi connectivity index (χ1) is 10.9. The Labute approximate surface area is 150 Å². The van der Waals surface area contributed by atoms with Crippen LogP contribution in [0.5, 0.6) is 5.75 Å². The molecule has 1 unspecified atom stereocenters. The van der Waals surface area contributed by atoms with Crippen molar-refractivity contribution in [3.05, 3.63) is 29.8 Å². The number of benzene rings is 1. The molecule has 1 amide bonds. The van der Waals surface area contributed by atoms with Crippen LogP contribution in [0.1, 0.15) is 39.2 Å². The largest absolute Gasteiger partial charge is 1.00 e. The zero-order valence-corrected chi connectivity index (χ0v) is 15.5. The molecule has 24 heavy (non-hydrogen) atoms. The number of carbonyl (C=O) groups excluding carboxylic acids is 1. The minimum Gasteiger partial charge on any atom is -1.00 e. The molecule has 136 valence electrons. The molecule has 0 radical (unpaired) electrons. The maximum atomic E-state index is 11.7. The van der Waals surface area contributed by atoms with Crippen LogP contribution in [0.2, 0.25) is 0 Å². The van der Waals surface area contributed by atoms with Crippen LogP contribution in [0, 0.1) is 0 Å². The van der Waals surface area contributed by atoms with E-state index in [1.165, 1.54) is 12.0 Å². The van der Waals surface area contributed by atoms with Crippen molar-refractivity contribution in [2.45, 2.75) is 51.8 Å². The van der Waals surface area contributed by atoms with E-state index in [0.717, 1.165) is 26.1 Å². The van der Waals surface area contributed by atoms with Gasteiger partial charge in [-0.2, -0.15) is 0 Å². The number of carbonyl (C=O) groups is 1. The van der Waals surface area contributed by atoms with E-state index in [-0.39, 0.29) is 30.5 Å². The molecule has 1 aromatic rings. The van der Waals surface area contributed by atoms with Crippen molar-refractivity contribution in [3.63, 3.8) is 0 Å². The van der Waals surface area contributed by atoms with Crippen LogP contribution in [0.4, 0.5) is 0 Å². The molecule has 0 aromatic heterocycles. The fourth-order valence-corrected chi connectivity index (χ4v) is 2.49. The minimum absolute atomic E-state index is 0. The highest BCUT2D eigenvalue weighted by Gasteiger charge is 2.15. The lowest BCUT2D eigenvalue weighted by atomic mass is 10.1. The number of hydrogen-bond donors (Lipinski definition) is 2. The van der Waals surface area contributed by atoms with Crippen molar-refractivity contribution in [3.8, 4) is 5.75 Å². The highest BCUT2D eigenvalue weighted by molar-refractivity contribution is 5.78. The van der Waals surface area contributed by atoms with Gasteiger partial charge in [0.15, 0.2) is 6.61 Å². The first-order valence-corrected chi connectivity index (χ1v) is 8.27. The van der Waals surface area contributed by atoms with Gasteiger partial charge in [0.25, 0.3) is 5.91 Å². The summed E-state index contributed by atoms with van der Waals surface area (Å²) in [6, 6.07) is 7.82. The summed E-state index contributed by atoms with van der Waals surface area (Å²) in [7, 11) is 0. The lowest BCUT2D eigenvalue weighted by molar-refractivity contribution is -0.124. The van der Waals surface area contributed by atoms with E-state index < -0.39 is 0 Å². The number of halogens is 1. The number of hydrogen-bond acceptors (Lipinski definition) is 4. The van der Waals surface area contributed by atoms with E-state index in [0.29, 0.717) is 11.9 Å². The predicted molar refractivity (Wildman–Crippen MR) is 90.5 cm³/mol. The average molecular weight is 356 g/mol. The minimum atomic E-state index is -0.237. The molecule has 2 N–H and O–H groups in total. The Hall–Kier alpha value is -1.30. The predicted octanol–water partition coefficient (Wildman–Crippen LogP) is -0.747. The van der Waals surface area contributed by atoms with Crippen molar-refractivity contribution in [2.24, 2.45) is 0 Å². The average Bonchev–Trinajstić information content (AvgIpc) is 2.98. The van der Waals surface area contributed by atoms with Gasteiger partial charge in [0.1, 0.15) is 5.75 Å². The molecular formula is C18H28ClN2O3-. The summed E-state index contributed by atoms with van der Waals surface area (Å²) in [6.45, 7) is 8.47. The fourth-order valence-electron chi connectivity index (χ4n) is 2.49. The van der Waals surface area contributed by atoms with Gasteiger partial charge in [-0.1, -0.05) is 12.1 Å². The fraction of sp³-hybridized carbons (Fsp3) is 0.611. The molecule has 6 heteroatoms. The Balaban J connectivity index is 0.00000288. The van der Waals surface area contributed by atoms with E-state index in [1.807, 2.05) is 45.0 Å². The maximum absolute atomic E-state index is 11.7. The van der Waals surface area contributed by atoms with Crippen LogP contribution in [-0.2, 0) is 16.1 Å². The quantitative estimate of drug-likeness (QED) is 0.676. The van der Waals surface area contributed by atoms with Gasteiger partial charge in [-0.15, -0.1) is 0 Å². The van der Waals surface area contributed by atoms with Gasteiger partial charge in [0.05, 0.1) is 6.10 Å². The number of ether oxygens (including phenoxy) is 2. The van der Waals surface area contributed by atoms with Crippen LogP contribution in [-0.4, -0.2) is 37.3 Å². The standard InChI is InChI=1S/C18H28N2O3.ClH/c1-18(2,3)20-17(21)13-23-15-8-6-14(7-9-15)11-19-12-16-5-4-10-22-16;/h6-9,16,19H,4-5,10-13H2,1-3H3,(H,20,21);1H/p-1. The molecule has 1 aliphatic rings. The lowest BCUT2D eigenvalue weighted by Gasteiger charge is -2.20. The normalized spacial score (nSPS) is 17.2. The molecule has 2 rings (SSSR count). The van der Waals surface area contributed by atoms with Gasteiger partial charge in [0.2, 0.25) is 0 Å². The molecule has 0 bridgehead atoms. The Morgan fingerprint density at radius 1 is 1.29 bits per heavy atom. The van der Waals surface area contributed by atoms with Crippen molar-refractivity contribution < 1.29 is 26.7 Å². The van der Waals surface area contributed by atoms with Gasteiger partial charge < -0.3 is 32.5 Å². The summed E-state index contributed by atoms with van der Waals surface area (Å²) < 4.78 is 11.1. The Morgan fingerprint density at radius 2 is 2.00 bits per heavy atom. The molecule has 1 heterocycles. The molecule has 0 aliphatic carbocycles. The van der Waals surface area contributed by atoms with Gasteiger partial charge in [0, 0.05) is 25.2 Å². The third-order valence-electron chi connectivity index (χ3n) is 3.53. The third kappa shape index (κ3) is 7.99. The van der Waals surface area contributed by atoms with Crippen molar-refractivity contribution >= 4 is 5.91 Å². The van der Waals surface area contributed by atoms with Crippen LogP contribution < -0.4 is 27.8 Å². The van der Waals surface area contributed by atoms with E-state index >= 15 is 0 Å². The van der Waals surface area contributed by atoms with E-state index in [9.17, 15) is 4.79 Å². The van der Waals surface area contributed by atoms with E-state index in [4.69, 9.17) is 9.47 Å². The van der Waals surface area contributed by atoms with Gasteiger partial charge in [-0.05, 0) is 51.3 Å². The molecule has 5 nitrogen and oxygen atoms in total. The summed E-state index contributed by atoms with van der Waals surface area (Å²) >= 11 is 0. The van der Waals surface area contributed by atoms with Crippen molar-refractivity contribution in [2.75, 3.05) is 19.8 Å². The van der Waals surface area contributed by atoms with E-state index in [1.54, 1.807) is 0 Å². The molecule has 0 spiro atoms. The molecule has 1 atom stereocenters. The lowest BCUT2D eigenvalue weighted by Crippen LogP contribution is -3.00. The summed E-state index contributed by atoms with van der Waals surface area (Å²) in [5.41, 5.74) is 0.952. The van der Waals surface area contributed by atoms with Crippen LogP contribution in [0.15, 0.2) is 24.3 Å². The van der Waals surface area contributed by atoms with Gasteiger partial charge in [-0.3, -0.25) is 4.79 Å². The number of nitrogens with one attached hydrogen (secondary N) is 2. The summed E-state index contributed by atoms with van der Waals surface area (Å²) in [5, 5.41) is 6.28. The SMILES string of the molecule is CC(C)(C)NC(=O)COc1ccc(CNCC2CCCO2)cc1.[Cl-]. The van der Waals surface area contributed by atoms with Crippen molar-refractivity contribution in [1.82, 2.24) is 10.6 Å².